The van der Waals surface area contributed by atoms with Crippen LogP contribution in [0.3, 0.4) is 0 Å². The number of carbonyl (C=O) groups is 1. The number of benzene rings is 1. The molecule has 0 radical (unpaired) electrons. The van der Waals surface area contributed by atoms with Crippen molar-refractivity contribution >= 4 is 52.1 Å². The highest BCUT2D eigenvalue weighted by atomic mass is 35.5. The summed E-state index contributed by atoms with van der Waals surface area (Å²) in [6.45, 7) is 1.68. The fraction of sp³-hybridized carbons (Fsp3) is 0.167. The number of nitrogens with zero attached hydrogens (tertiary/aromatic N) is 2. The molecule has 1 heterocycles. The normalized spacial score (nSPS) is 12.2. The first kappa shape index (κ1) is 15.0. The number of hydrogen-bond donors (Lipinski definition) is 2. The molecule has 0 spiro atoms. The van der Waals surface area contributed by atoms with Crippen LogP contribution >= 0.6 is 34.8 Å². The Morgan fingerprint density at radius 3 is 2.45 bits per heavy atom. The largest absolute Gasteiger partial charge is 0.399 e. The van der Waals surface area contributed by atoms with Crippen LogP contribution in [-0.4, -0.2) is 15.7 Å². The highest BCUT2D eigenvalue weighted by molar-refractivity contribution is 6.40. The topological polar surface area (TPSA) is 72.9 Å². The van der Waals surface area contributed by atoms with Crippen molar-refractivity contribution in [3.05, 3.63) is 39.6 Å². The number of rotatable bonds is 3. The van der Waals surface area contributed by atoms with Crippen LogP contribution in [-0.2, 0) is 4.79 Å². The van der Waals surface area contributed by atoms with E-state index in [9.17, 15) is 4.79 Å². The molecule has 0 aliphatic carbocycles. The van der Waals surface area contributed by atoms with Gasteiger partial charge in [0.2, 0.25) is 5.91 Å². The van der Waals surface area contributed by atoms with E-state index in [2.05, 4.69) is 10.4 Å². The third-order valence-corrected chi connectivity index (χ3v) is 3.45. The van der Waals surface area contributed by atoms with Gasteiger partial charge in [0, 0.05) is 11.9 Å². The molecule has 0 aliphatic rings. The van der Waals surface area contributed by atoms with Crippen LogP contribution in [0, 0.1) is 0 Å². The minimum absolute atomic E-state index is 0.272. The van der Waals surface area contributed by atoms with Gasteiger partial charge in [-0.15, -0.1) is 0 Å². The molecule has 3 N–H and O–H groups in total. The zero-order valence-corrected chi connectivity index (χ0v) is 12.7. The van der Waals surface area contributed by atoms with Gasteiger partial charge >= 0.3 is 0 Å². The molecule has 1 amide bonds. The predicted molar refractivity (Wildman–Crippen MR) is 81.5 cm³/mol. The van der Waals surface area contributed by atoms with Gasteiger partial charge in [-0.1, -0.05) is 34.8 Å². The number of nitrogens with one attached hydrogen (secondary N) is 1. The average molecular weight is 334 g/mol. The summed E-state index contributed by atoms with van der Waals surface area (Å²) in [6.07, 6.45) is 3.01. The minimum atomic E-state index is -0.563. The van der Waals surface area contributed by atoms with Gasteiger partial charge in [-0.3, -0.25) is 9.48 Å². The lowest BCUT2D eigenvalue weighted by Gasteiger charge is -2.15. The second kappa shape index (κ2) is 5.91. The molecule has 0 saturated heterocycles. The van der Waals surface area contributed by atoms with E-state index in [1.54, 1.807) is 13.1 Å². The van der Waals surface area contributed by atoms with Crippen LogP contribution in [0.2, 0.25) is 15.1 Å². The number of carbonyl (C=O) groups excluding carboxylic acids is 1. The molecule has 8 heteroatoms. The van der Waals surface area contributed by atoms with E-state index >= 15 is 0 Å². The summed E-state index contributed by atoms with van der Waals surface area (Å²) < 4.78 is 1.44. The van der Waals surface area contributed by atoms with Crippen LogP contribution in [0.25, 0.3) is 0 Å². The van der Waals surface area contributed by atoms with Crippen LogP contribution in [0.4, 0.5) is 11.4 Å². The Balaban J connectivity index is 2.20. The Kier molecular flexibility index (Phi) is 4.42. The predicted octanol–water partition coefficient (Wildman–Crippen LogP) is 3.63. The zero-order valence-electron chi connectivity index (χ0n) is 10.4. The van der Waals surface area contributed by atoms with Gasteiger partial charge in [-0.05, 0) is 19.1 Å². The molecule has 0 fully saturated rings. The molecule has 2 aromatic rings. The Labute approximate surface area is 130 Å². The van der Waals surface area contributed by atoms with Crippen molar-refractivity contribution in [1.29, 1.82) is 0 Å². The molecule has 0 aliphatic heterocycles. The maximum Gasteiger partial charge on any atom is 0.249 e. The summed E-state index contributed by atoms with van der Waals surface area (Å²) in [5.41, 5.74) is 6.34. The maximum atomic E-state index is 12.1. The monoisotopic (exact) mass is 332 g/mol. The summed E-state index contributed by atoms with van der Waals surface area (Å²) in [4.78, 5) is 12.1. The molecule has 0 bridgehead atoms. The molecule has 1 aromatic heterocycles. The zero-order chi connectivity index (χ0) is 14.9. The first-order chi connectivity index (χ1) is 9.38. The number of aromatic nitrogens is 2. The van der Waals surface area contributed by atoms with Gasteiger partial charge in [-0.2, -0.15) is 5.10 Å². The SMILES string of the molecule is CC(C(=O)Nc1c(Cl)cc(N)cc1Cl)n1cc(Cl)cn1. The molecule has 106 valence electrons. The standard InChI is InChI=1S/C12H11Cl3N4O/c1-6(19-5-7(13)4-17-19)12(20)18-11-9(14)2-8(16)3-10(11)15/h2-6H,16H2,1H3,(H,18,20). The van der Waals surface area contributed by atoms with Crippen molar-refractivity contribution in [2.24, 2.45) is 0 Å². The first-order valence-electron chi connectivity index (χ1n) is 5.63. The quantitative estimate of drug-likeness (QED) is 0.842. The Morgan fingerprint density at radius 1 is 1.35 bits per heavy atom. The van der Waals surface area contributed by atoms with Gasteiger partial charge in [-0.25, -0.2) is 0 Å². The van der Waals surface area contributed by atoms with Crippen molar-refractivity contribution in [2.45, 2.75) is 13.0 Å². The fourth-order valence-electron chi connectivity index (χ4n) is 1.59. The highest BCUT2D eigenvalue weighted by Crippen LogP contribution is 2.33. The number of nitrogen functional groups attached to an aromatic ring is 1. The highest BCUT2D eigenvalue weighted by Gasteiger charge is 2.18. The van der Waals surface area contributed by atoms with E-state index in [0.29, 0.717) is 16.4 Å². The number of halogens is 3. The summed E-state index contributed by atoms with van der Waals surface area (Å²) in [5, 5.41) is 7.62. The molecule has 20 heavy (non-hydrogen) atoms. The number of hydrogen-bond acceptors (Lipinski definition) is 3. The van der Waals surface area contributed by atoms with Crippen molar-refractivity contribution in [2.75, 3.05) is 11.1 Å². The van der Waals surface area contributed by atoms with Gasteiger partial charge < -0.3 is 11.1 Å². The van der Waals surface area contributed by atoms with Gasteiger partial charge in [0.25, 0.3) is 0 Å². The number of nitrogens with two attached hydrogens (primary N) is 1. The van der Waals surface area contributed by atoms with Gasteiger partial charge in [0.05, 0.1) is 27.0 Å². The molecule has 1 atom stereocenters. The second-order valence-corrected chi connectivity index (χ2v) is 5.41. The molecule has 2 rings (SSSR count). The molecule has 1 unspecified atom stereocenters. The third kappa shape index (κ3) is 3.17. The Hall–Kier alpha value is -1.43. The lowest BCUT2D eigenvalue weighted by atomic mass is 10.2. The van der Waals surface area contributed by atoms with E-state index in [-0.39, 0.29) is 16.0 Å². The maximum absolute atomic E-state index is 12.1. The smallest absolute Gasteiger partial charge is 0.249 e. The number of amides is 1. The number of anilines is 2. The van der Waals surface area contributed by atoms with E-state index in [1.165, 1.54) is 23.0 Å². The van der Waals surface area contributed by atoms with E-state index < -0.39 is 6.04 Å². The molecule has 1 aromatic carbocycles. The first-order valence-corrected chi connectivity index (χ1v) is 6.77. The van der Waals surface area contributed by atoms with Crippen LogP contribution in [0.1, 0.15) is 13.0 Å². The lowest BCUT2D eigenvalue weighted by molar-refractivity contribution is -0.119. The molecular weight excluding hydrogens is 323 g/mol. The van der Waals surface area contributed by atoms with Crippen LogP contribution < -0.4 is 11.1 Å². The second-order valence-electron chi connectivity index (χ2n) is 4.16. The molecule has 0 saturated carbocycles. The summed E-state index contributed by atoms with van der Waals surface area (Å²) >= 11 is 17.8. The van der Waals surface area contributed by atoms with Gasteiger partial charge in [0.1, 0.15) is 6.04 Å². The minimum Gasteiger partial charge on any atom is -0.399 e. The van der Waals surface area contributed by atoms with Crippen molar-refractivity contribution in [1.82, 2.24) is 9.78 Å². The van der Waals surface area contributed by atoms with E-state index in [0.717, 1.165) is 0 Å². The van der Waals surface area contributed by atoms with Crippen LogP contribution in [0.15, 0.2) is 24.5 Å². The summed E-state index contributed by atoms with van der Waals surface area (Å²) in [5.74, 6) is -0.321. The Morgan fingerprint density at radius 2 is 1.95 bits per heavy atom. The van der Waals surface area contributed by atoms with E-state index in [1.807, 2.05) is 0 Å². The summed E-state index contributed by atoms with van der Waals surface area (Å²) in [6, 6.07) is 2.46. The molecule has 5 nitrogen and oxygen atoms in total. The van der Waals surface area contributed by atoms with E-state index in [4.69, 9.17) is 40.5 Å². The van der Waals surface area contributed by atoms with Crippen molar-refractivity contribution < 1.29 is 4.79 Å². The lowest BCUT2D eigenvalue weighted by Crippen LogP contribution is -2.24. The Bertz CT molecular complexity index is 633. The van der Waals surface area contributed by atoms with Gasteiger partial charge in [0.15, 0.2) is 0 Å². The molecular formula is C12H11Cl3N4O. The summed E-state index contributed by atoms with van der Waals surface area (Å²) in [7, 11) is 0. The third-order valence-electron chi connectivity index (χ3n) is 2.66. The fourth-order valence-corrected chi connectivity index (χ4v) is 2.33. The van der Waals surface area contributed by atoms with Crippen LogP contribution in [0.5, 0.6) is 0 Å². The average Bonchev–Trinajstić information content (AvgIpc) is 2.79. The van der Waals surface area contributed by atoms with Crippen molar-refractivity contribution in [3.8, 4) is 0 Å². The van der Waals surface area contributed by atoms with Crippen molar-refractivity contribution in [3.63, 3.8) is 0 Å².